The van der Waals surface area contributed by atoms with Crippen molar-refractivity contribution in [1.82, 2.24) is 15.6 Å². The molecule has 1 amide bonds. The Bertz CT molecular complexity index is 1020. The van der Waals surface area contributed by atoms with Gasteiger partial charge in [0.15, 0.2) is 0 Å². The maximum atomic E-state index is 12.7. The van der Waals surface area contributed by atoms with Crippen LogP contribution in [0.2, 0.25) is 0 Å². The molecule has 1 aliphatic heterocycles. The number of thiophene rings is 1. The molecule has 4 rings (SSSR count). The SMILES string of the molecule is CN(C)c1ccc2c(N)c(C(=O)NCCc3ccc(N4CCNCC4)cc3)sc2n1. The largest absolute Gasteiger partial charge is 0.397 e. The third kappa shape index (κ3) is 4.34. The van der Waals surface area contributed by atoms with Crippen molar-refractivity contribution >= 4 is 44.7 Å². The molecule has 7 nitrogen and oxygen atoms in total. The van der Waals surface area contributed by atoms with E-state index in [0.717, 1.165) is 48.6 Å². The molecule has 1 fully saturated rings. The number of nitrogen functional groups attached to an aromatic ring is 1. The van der Waals surface area contributed by atoms with Crippen LogP contribution in [0.3, 0.4) is 0 Å². The monoisotopic (exact) mass is 424 g/mol. The highest BCUT2D eigenvalue weighted by atomic mass is 32.1. The third-order valence-electron chi connectivity index (χ3n) is 5.36. The van der Waals surface area contributed by atoms with E-state index in [1.165, 1.54) is 22.6 Å². The molecule has 0 radical (unpaired) electrons. The molecule has 0 aliphatic carbocycles. The Morgan fingerprint density at radius 1 is 1.20 bits per heavy atom. The average Bonchev–Trinajstić information content (AvgIpc) is 3.11. The van der Waals surface area contributed by atoms with E-state index < -0.39 is 0 Å². The number of anilines is 3. The number of nitrogens with zero attached hydrogens (tertiary/aromatic N) is 3. The maximum absolute atomic E-state index is 12.7. The van der Waals surface area contributed by atoms with Crippen molar-refractivity contribution in [1.29, 1.82) is 0 Å². The molecule has 0 atom stereocenters. The lowest BCUT2D eigenvalue weighted by molar-refractivity contribution is 0.0959. The number of carbonyl (C=O) groups is 1. The highest BCUT2D eigenvalue weighted by Gasteiger charge is 2.17. The minimum Gasteiger partial charge on any atom is -0.397 e. The average molecular weight is 425 g/mol. The second kappa shape index (κ2) is 8.89. The van der Waals surface area contributed by atoms with Gasteiger partial charge in [0.2, 0.25) is 0 Å². The Morgan fingerprint density at radius 2 is 1.93 bits per heavy atom. The van der Waals surface area contributed by atoms with Crippen molar-refractivity contribution in [3.63, 3.8) is 0 Å². The quantitative estimate of drug-likeness (QED) is 0.563. The van der Waals surface area contributed by atoms with Gasteiger partial charge in [0.05, 0.1) is 5.69 Å². The molecule has 1 saturated heterocycles. The number of nitrogens with two attached hydrogens (primary N) is 1. The lowest BCUT2D eigenvalue weighted by Gasteiger charge is -2.29. The van der Waals surface area contributed by atoms with Crippen LogP contribution >= 0.6 is 11.3 Å². The Morgan fingerprint density at radius 3 is 2.63 bits per heavy atom. The second-order valence-electron chi connectivity index (χ2n) is 7.67. The van der Waals surface area contributed by atoms with Crippen molar-refractivity contribution in [2.24, 2.45) is 0 Å². The molecule has 1 aliphatic rings. The summed E-state index contributed by atoms with van der Waals surface area (Å²) in [5.41, 5.74) is 9.19. The van der Waals surface area contributed by atoms with Crippen LogP contribution in [0.25, 0.3) is 10.2 Å². The summed E-state index contributed by atoms with van der Waals surface area (Å²) in [6, 6.07) is 12.5. The molecular formula is C22H28N6OS. The minimum atomic E-state index is -0.140. The number of amides is 1. The van der Waals surface area contributed by atoms with E-state index >= 15 is 0 Å². The van der Waals surface area contributed by atoms with Crippen LogP contribution in [0.4, 0.5) is 17.2 Å². The number of benzene rings is 1. The number of carbonyl (C=O) groups excluding carboxylic acids is 1. The van der Waals surface area contributed by atoms with E-state index in [1.807, 2.05) is 31.1 Å². The fourth-order valence-corrected chi connectivity index (χ4v) is 4.61. The van der Waals surface area contributed by atoms with Crippen LogP contribution in [0.15, 0.2) is 36.4 Å². The van der Waals surface area contributed by atoms with Gasteiger partial charge in [-0.05, 0) is 36.2 Å². The van der Waals surface area contributed by atoms with E-state index in [9.17, 15) is 4.79 Å². The highest BCUT2D eigenvalue weighted by molar-refractivity contribution is 7.21. The number of hydrogen-bond donors (Lipinski definition) is 3. The highest BCUT2D eigenvalue weighted by Crippen LogP contribution is 2.33. The van der Waals surface area contributed by atoms with Gasteiger partial charge in [0.25, 0.3) is 5.91 Å². The third-order valence-corrected chi connectivity index (χ3v) is 6.48. The van der Waals surface area contributed by atoms with E-state index in [4.69, 9.17) is 5.73 Å². The van der Waals surface area contributed by atoms with Crippen LogP contribution < -0.4 is 26.2 Å². The van der Waals surface area contributed by atoms with Crippen LogP contribution in [0, 0.1) is 0 Å². The van der Waals surface area contributed by atoms with Gasteiger partial charge in [0, 0.05) is 57.9 Å². The summed E-state index contributed by atoms with van der Waals surface area (Å²) < 4.78 is 0. The summed E-state index contributed by atoms with van der Waals surface area (Å²) in [5, 5.41) is 7.20. The molecule has 3 aromatic rings. The van der Waals surface area contributed by atoms with Gasteiger partial charge < -0.3 is 26.2 Å². The first kappa shape index (κ1) is 20.4. The zero-order valence-electron chi connectivity index (χ0n) is 17.4. The van der Waals surface area contributed by atoms with Gasteiger partial charge in [-0.1, -0.05) is 12.1 Å². The fourth-order valence-electron chi connectivity index (χ4n) is 3.60. The molecule has 1 aromatic carbocycles. The summed E-state index contributed by atoms with van der Waals surface area (Å²) in [6.45, 7) is 4.70. The van der Waals surface area contributed by atoms with Gasteiger partial charge in [-0.25, -0.2) is 4.98 Å². The number of fused-ring (bicyclic) bond motifs is 1. The van der Waals surface area contributed by atoms with E-state index in [2.05, 4.69) is 44.8 Å². The molecule has 4 N–H and O–H groups in total. The van der Waals surface area contributed by atoms with Crippen molar-refractivity contribution in [2.45, 2.75) is 6.42 Å². The molecule has 158 valence electrons. The zero-order chi connectivity index (χ0) is 21.1. The van der Waals surface area contributed by atoms with Crippen molar-refractivity contribution in [2.75, 3.05) is 62.4 Å². The molecule has 0 spiro atoms. The van der Waals surface area contributed by atoms with Gasteiger partial charge in [-0.2, -0.15) is 0 Å². The first-order valence-electron chi connectivity index (χ1n) is 10.2. The second-order valence-corrected chi connectivity index (χ2v) is 8.67. The van der Waals surface area contributed by atoms with E-state index in [1.54, 1.807) is 0 Å². The van der Waals surface area contributed by atoms with Crippen molar-refractivity contribution < 1.29 is 4.79 Å². The number of hydrogen-bond acceptors (Lipinski definition) is 7. The zero-order valence-corrected chi connectivity index (χ0v) is 18.3. The van der Waals surface area contributed by atoms with Gasteiger partial charge in [-0.3, -0.25) is 4.79 Å². The fraction of sp³-hybridized carbons (Fsp3) is 0.364. The van der Waals surface area contributed by atoms with Crippen molar-refractivity contribution in [3.8, 4) is 0 Å². The Balaban J connectivity index is 1.36. The topological polar surface area (TPSA) is 86.5 Å². The molecule has 0 saturated carbocycles. The molecule has 3 heterocycles. The summed E-state index contributed by atoms with van der Waals surface area (Å²) in [6.07, 6.45) is 0.779. The lowest BCUT2D eigenvalue weighted by Crippen LogP contribution is -2.43. The van der Waals surface area contributed by atoms with Crippen molar-refractivity contribution in [3.05, 3.63) is 46.8 Å². The predicted octanol–water partition coefficient (Wildman–Crippen LogP) is 2.33. The van der Waals surface area contributed by atoms with Crippen LogP contribution in [-0.4, -0.2) is 57.7 Å². The Labute approximate surface area is 180 Å². The number of rotatable bonds is 6. The summed E-state index contributed by atoms with van der Waals surface area (Å²) in [5.74, 6) is 0.708. The Hall–Kier alpha value is -2.84. The molecule has 2 aromatic heterocycles. The first-order chi connectivity index (χ1) is 14.5. The minimum absolute atomic E-state index is 0.140. The molecule has 30 heavy (non-hydrogen) atoms. The summed E-state index contributed by atoms with van der Waals surface area (Å²) >= 11 is 1.34. The molecular weight excluding hydrogens is 396 g/mol. The number of pyridine rings is 1. The normalized spacial score (nSPS) is 14.1. The standard InChI is InChI=1S/C22H28N6OS/c1-27(2)18-8-7-17-19(23)20(30-22(17)26-18)21(29)25-10-9-15-3-5-16(6-4-15)28-13-11-24-12-14-28/h3-8,24H,9-14,23H2,1-2H3,(H,25,29). The van der Waals surface area contributed by atoms with Crippen LogP contribution in [-0.2, 0) is 6.42 Å². The predicted molar refractivity (Wildman–Crippen MR) is 126 cm³/mol. The summed E-state index contributed by atoms with van der Waals surface area (Å²) in [7, 11) is 3.88. The maximum Gasteiger partial charge on any atom is 0.263 e. The molecule has 8 heteroatoms. The number of aromatic nitrogens is 1. The van der Waals surface area contributed by atoms with Gasteiger partial charge in [-0.15, -0.1) is 11.3 Å². The van der Waals surface area contributed by atoms with Crippen LogP contribution in [0.1, 0.15) is 15.2 Å². The summed E-state index contributed by atoms with van der Waals surface area (Å²) in [4.78, 5) is 22.9. The number of nitrogens with one attached hydrogen (secondary N) is 2. The first-order valence-corrected chi connectivity index (χ1v) is 11.0. The van der Waals surface area contributed by atoms with Gasteiger partial charge in [0.1, 0.15) is 15.5 Å². The molecule has 0 unspecified atom stereocenters. The van der Waals surface area contributed by atoms with E-state index in [-0.39, 0.29) is 5.91 Å². The molecule has 0 bridgehead atoms. The van der Waals surface area contributed by atoms with E-state index in [0.29, 0.717) is 17.1 Å². The smallest absolute Gasteiger partial charge is 0.263 e. The Kier molecular flexibility index (Phi) is 6.06. The number of piperazine rings is 1. The lowest BCUT2D eigenvalue weighted by atomic mass is 10.1. The van der Waals surface area contributed by atoms with Gasteiger partial charge >= 0.3 is 0 Å². The van der Waals surface area contributed by atoms with Crippen LogP contribution in [0.5, 0.6) is 0 Å².